The van der Waals surface area contributed by atoms with Gasteiger partial charge >= 0.3 is 5.97 Å². The molecule has 0 aliphatic carbocycles. The molecule has 0 aliphatic rings. The highest BCUT2D eigenvalue weighted by molar-refractivity contribution is 5.69. The maximum atomic E-state index is 11.5. The summed E-state index contributed by atoms with van der Waals surface area (Å²) in [6.45, 7) is 4.16. The molecule has 3 heteroatoms. The summed E-state index contributed by atoms with van der Waals surface area (Å²) < 4.78 is 5.20. The molecule has 0 radical (unpaired) electrons. The molecule has 0 aromatic carbocycles. The zero-order valence-corrected chi connectivity index (χ0v) is 16.8. The third kappa shape index (κ3) is 19.3. The molecule has 1 unspecified atom stereocenters. The SMILES string of the molecule is CCCCCCCCC=CCCCCCCCC(=O)OC(C)CCO. The highest BCUT2D eigenvalue weighted by Gasteiger charge is 2.08. The van der Waals surface area contributed by atoms with Crippen LogP contribution in [0, 0.1) is 0 Å². The molecule has 0 aromatic heterocycles. The Morgan fingerprint density at radius 3 is 1.96 bits per heavy atom. The summed E-state index contributed by atoms with van der Waals surface area (Å²) in [7, 11) is 0. The molecule has 148 valence electrons. The van der Waals surface area contributed by atoms with Crippen molar-refractivity contribution in [2.45, 2.75) is 116 Å². The molecular weight excluding hydrogens is 312 g/mol. The maximum absolute atomic E-state index is 11.5. The average molecular weight is 355 g/mol. The van der Waals surface area contributed by atoms with E-state index < -0.39 is 0 Å². The molecule has 25 heavy (non-hydrogen) atoms. The Morgan fingerprint density at radius 2 is 1.40 bits per heavy atom. The monoisotopic (exact) mass is 354 g/mol. The number of unbranched alkanes of at least 4 members (excludes halogenated alkanes) is 11. The van der Waals surface area contributed by atoms with Crippen LogP contribution in [0.25, 0.3) is 0 Å². The third-order valence-electron chi connectivity index (χ3n) is 4.51. The topological polar surface area (TPSA) is 46.5 Å². The van der Waals surface area contributed by atoms with Crippen molar-refractivity contribution in [3.8, 4) is 0 Å². The fourth-order valence-corrected chi connectivity index (χ4v) is 2.86. The molecule has 0 fully saturated rings. The lowest BCUT2D eigenvalue weighted by Gasteiger charge is -2.11. The van der Waals surface area contributed by atoms with Gasteiger partial charge in [-0.05, 0) is 39.0 Å². The minimum Gasteiger partial charge on any atom is -0.463 e. The molecule has 0 bridgehead atoms. The van der Waals surface area contributed by atoms with Crippen LogP contribution >= 0.6 is 0 Å². The van der Waals surface area contributed by atoms with Crippen molar-refractivity contribution < 1.29 is 14.6 Å². The van der Waals surface area contributed by atoms with Gasteiger partial charge in [-0.3, -0.25) is 4.79 Å². The zero-order chi connectivity index (χ0) is 18.6. The number of carbonyl (C=O) groups is 1. The molecule has 0 rings (SSSR count). The normalized spacial score (nSPS) is 12.6. The van der Waals surface area contributed by atoms with Gasteiger partial charge in [0.05, 0.1) is 0 Å². The van der Waals surface area contributed by atoms with Gasteiger partial charge in [0.15, 0.2) is 0 Å². The predicted octanol–water partition coefficient (Wildman–Crippen LogP) is 6.34. The summed E-state index contributed by atoms with van der Waals surface area (Å²) in [5.41, 5.74) is 0. The molecule has 1 atom stereocenters. The number of ether oxygens (including phenoxy) is 1. The lowest BCUT2D eigenvalue weighted by molar-refractivity contribution is -0.148. The second kappa shape index (κ2) is 19.5. The Balaban J connectivity index is 3.25. The first-order chi connectivity index (χ1) is 12.2. The Kier molecular flexibility index (Phi) is 18.8. The van der Waals surface area contributed by atoms with Crippen molar-refractivity contribution in [2.75, 3.05) is 6.61 Å². The highest BCUT2D eigenvalue weighted by atomic mass is 16.5. The molecule has 3 nitrogen and oxygen atoms in total. The van der Waals surface area contributed by atoms with Gasteiger partial charge in [-0.2, -0.15) is 0 Å². The highest BCUT2D eigenvalue weighted by Crippen LogP contribution is 2.10. The van der Waals surface area contributed by atoms with Crippen LogP contribution in [0.5, 0.6) is 0 Å². The zero-order valence-electron chi connectivity index (χ0n) is 16.8. The number of rotatable bonds is 18. The van der Waals surface area contributed by atoms with E-state index in [1.54, 1.807) is 0 Å². The molecule has 0 saturated carbocycles. The van der Waals surface area contributed by atoms with Crippen molar-refractivity contribution in [1.82, 2.24) is 0 Å². The molecular formula is C22H42O3. The van der Waals surface area contributed by atoms with Gasteiger partial charge in [-0.15, -0.1) is 0 Å². The number of aliphatic hydroxyl groups excluding tert-OH is 1. The van der Waals surface area contributed by atoms with Crippen molar-refractivity contribution >= 4 is 5.97 Å². The molecule has 0 amide bonds. The van der Waals surface area contributed by atoms with Crippen LogP contribution < -0.4 is 0 Å². The number of hydrogen-bond acceptors (Lipinski definition) is 3. The van der Waals surface area contributed by atoms with Gasteiger partial charge in [0.25, 0.3) is 0 Å². The van der Waals surface area contributed by atoms with Crippen molar-refractivity contribution in [3.63, 3.8) is 0 Å². The van der Waals surface area contributed by atoms with Gasteiger partial charge in [-0.1, -0.05) is 70.4 Å². The Labute approximate surface area is 156 Å². The number of carbonyl (C=O) groups excluding carboxylic acids is 1. The first-order valence-corrected chi connectivity index (χ1v) is 10.7. The summed E-state index contributed by atoms with van der Waals surface area (Å²) in [5, 5.41) is 8.77. The van der Waals surface area contributed by atoms with Crippen LogP contribution in [0.3, 0.4) is 0 Å². The molecule has 0 spiro atoms. The van der Waals surface area contributed by atoms with E-state index in [-0.39, 0.29) is 18.7 Å². The largest absolute Gasteiger partial charge is 0.463 e. The number of aliphatic hydroxyl groups is 1. The fourth-order valence-electron chi connectivity index (χ4n) is 2.86. The minimum absolute atomic E-state index is 0.0713. The van der Waals surface area contributed by atoms with E-state index in [9.17, 15) is 4.79 Å². The van der Waals surface area contributed by atoms with Gasteiger partial charge < -0.3 is 9.84 Å². The predicted molar refractivity (Wildman–Crippen MR) is 107 cm³/mol. The van der Waals surface area contributed by atoms with Crippen molar-refractivity contribution in [3.05, 3.63) is 12.2 Å². The summed E-state index contributed by atoms with van der Waals surface area (Å²) in [4.78, 5) is 11.5. The summed E-state index contributed by atoms with van der Waals surface area (Å²) in [6.07, 6.45) is 21.9. The van der Waals surface area contributed by atoms with Crippen LogP contribution in [0.4, 0.5) is 0 Å². The molecule has 0 aliphatic heterocycles. The number of hydrogen-bond donors (Lipinski definition) is 1. The first-order valence-electron chi connectivity index (χ1n) is 10.7. The summed E-state index contributed by atoms with van der Waals surface area (Å²) in [5.74, 6) is -0.126. The van der Waals surface area contributed by atoms with E-state index >= 15 is 0 Å². The minimum atomic E-state index is -0.166. The average Bonchev–Trinajstić information content (AvgIpc) is 2.58. The van der Waals surface area contributed by atoms with E-state index in [0.717, 1.165) is 12.8 Å². The van der Waals surface area contributed by atoms with Gasteiger partial charge in [0.2, 0.25) is 0 Å². The Morgan fingerprint density at radius 1 is 0.880 bits per heavy atom. The Hall–Kier alpha value is -0.830. The third-order valence-corrected chi connectivity index (χ3v) is 4.51. The first kappa shape index (κ1) is 24.2. The second-order valence-electron chi connectivity index (χ2n) is 7.15. The van der Waals surface area contributed by atoms with Crippen LogP contribution in [0.2, 0.25) is 0 Å². The summed E-state index contributed by atoms with van der Waals surface area (Å²) in [6, 6.07) is 0. The van der Waals surface area contributed by atoms with Crippen molar-refractivity contribution in [2.24, 2.45) is 0 Å². The number of esters is 1. The van der Waals surface area contributed by atoms with Crippen LogP contribution in [-0.4, -0.2) is 23.8 Å². The Bertz CT molecular complexity index is 312. The second-order valence-corrected chi connectivity index (χ2v) is 7.15. The van der Waals surface area contributed by atoms with E-state index in [1.165, 1.54) is 70.6 Å². The lowest BCUT2D eigenvalue weighted by atomic mass is 10.1. The van der Waals surface area contributed by atoms with Crippen LogP contribution in [-0.2, 0) is 9.53 Å². The van der Waals surface area contributed by atoms with Gasteiger partial charge in [0, 0.05) is 19.4 Å². The van der Waals surface area contributed by atoms with E-state index in [2.05, 4.69) is 19.1 Å². The number of allylic oxidation sites excluding steroid dienone is 2. The standard InChI is InChI=1S/C22H42O3/c1-3-4-5-6-7-8-9-10-11-12-13-14-15-16-17-18-22(24)25-21(2)19-20-23/h10-11,21,23H,3-9,12-20H2,1-2H3. The molecule has 0 heterocycles. The maximum Gasteiger partial charge on any atom is 0.306 e. The smallest absolute Gasteiger partial charge is 0.306 e. The summed E-state index contributed by atoms with van der Waals surface area (Å²) >= 11 is 0. The van der Waals surface area contributed by atoms with Gasteiger partial charge in [-0.25, -0.2) is 0 Å². The quantitative estimate of drug-likeness (QED) is 0.177. The molecule has 0 saturated heterocycles. The van der Waals surface area contributed by atoms with Crippen LogP contribution in [0.1, 0.15) is 110 Å². The van der Waals surface area contributed by atoms with Crippen LogP contribution in [0.15, 0.2) is 12.2 Å². The van der Waals surface area contributed by atoms with E-state index in [4.69, 9.17) is 9.84 Å². The molecule has 0 aromatic rings. The molecule has 1 N–H and O–H groups in total. The van der Waals surface area contributed by atoms with E-state index in [1.807, 2.05) is 6.92 Å². The van der Waals surface area contributed by atoms with Crippen molar-refractivity contribution in [1.29, 1.82) is 0 Å². The fraction of sp³-hybridized carbons (Fsp3) is 0.864. The van der Waals surface area contributed by atoms with E-state index in [0.29, 0.717) is 12.8 Å². The lowest BCUT2D eigenvalue weighted by Crippen LogP contribution is -2.15. The van der Waals surface area contributed by atoms with Gasteiger partial charge in [0.1, 0.15) is 6.10 Å².